The lowest BCUT2D eigenvalue weighted by molar-refractivity contribution is -0.136. The van der Waals surface area contributed by atoms with Crippen LogP contribution in [0.1, 0.15) is 31.9 Å². The highest BCUT2D eigenvalue weighted by molar-refractivity contribution is 6.31. The van der Waals surface area contributed by atoms with Crippen molar-refractivity contribution in [2.24, 2.45) is 0 Å². The third-order valence-corrected chi connectivity index (χ3v) is 5.43. The number of imide groups is 1. The summed E-state index contributed by atoms with van der Waals surface area (Å²) in [4.78, 5) is 42.5. The van der Waals surface area contributed by atoms with E-state index in [1.54, 1.807) is 76.3 Å². The predicted molar refractivity (Wildman–Crippen MR) is 114 cm³/mol. The van der Waals surface area contributed by atoms with Crippen molar-refractivity contribution < 1.29 is 19.1 Å². The van der Waals surface area contributed by atoms with Gasteiger partial charge in [0.2, 0.25) is 0 Å². The summed E-state index contributed by atoms with van der Waals surface area (Å²) in [6, 6.07) is 14.0. The van der Waals surface area contributed by atoms with Crippen molar-refractivity contribution in [3.05, 3.63) is 70.8 Å². The van der Waals surface area contributed by atoms with E-state index in [9.17, 15) is 14.4 Å². The van der Waals surface area contributed by atoms with Crippen LogP contribution in [0.4, 0.5) is 10.5 Å². The van der Waals surface area contributed by atoms with E-state index < -0.39 is 29.0 Å². The van der Waals surface area contributed by atoms with Crippen LogP contribution in [0.25, 0.3) is 5.57 Å². The van der Waals surface area contributed by atoms with Crippen molar-refractivity contribution in [2.45, 2.75) is 31.9 Å². The van der Waals surface area contributed by atoms with Crippen LogP contribution in [0.2, 0.25) is 5.02 Å². The second-order valence-corrected chi connectivity index (χ2v) is 8.75. The van der Waals surface area contributed by atoms with E-state index in [4.69, 9.17) is 16.3 Å². The molecule has 6 nitrogen and oxygen atoms in total. The van der Waals surface area contributed by atoms with E-state index in [1.807, 2.05) is 0 Å². The molecule has 2 aliphatic heterocycles. The molecule has 2 aromatic rings. The lowest BCUT2D eigenvalue weighted by atomic mass is 9.81. The number of fused-ring (bicyclic) bond motifs is 2. The average Bonchev–Trinajstić information content (AvgIpc) is 3.09. The van der Waals surface area contributed by atoms with Crippen molar-refractivity contribution >= 4 is 40.8 Å². The average molecular weight is 425 g/mol. The highest BCUT2D eigenvalue weighted by Gasteiger charge is 2.63. The normalized spacial score (nSPS) is 20.6. The van der Waals surface area contributed by atoms with Gasteiger partial charge in [0.25, 0.3) is 11.8 Å². The zero-order valence-electron chi connectivity index (χ0n) is 17.1. The van der Waals surface area contributed by atoms with Gasteiger partial charge in [-0.15, -0.1) is 0 Å². The summed E-state index contributed by atoms with van der Waals surface area (Å²) in [7, 11) is 1.63. The Morgan fingerprint density at radius 1 is 1.07 bits per heavy atom. The molecule has 0 aliphatic carbocycles. The number of hydrogen-bond acceptors (Lipinski definition) is 4. The molecule has 0 N–H and O–H groups in total. The lowest BCUT2D eigenvalue weighted by Gasteiger charge is -2.36. The third-order valence-electron chi connectivity index (χ3n) is 5.19. The smallest absolute Gasteiger partial charge is 0.418 e. The zero-order chi connectivity index (χ0) is 21.8. The van der Waals surface area contributed by atoms with Gasteiger partial charge in [0.15, 0.2) is 5.54 Å². The first-order valence-electron chi connectivity index (χ1n) is 9.50. The molecular weight excluding hydrogens is 404 g/mol. The van der Waals surface area contributed by atoms with E-state index in [2.05, 4.69) is 0 Å². The fraction of sp³-hybridized carbons (Fsp3) is 0.261. The SMILES string of the molecule is CN1C(=O)[C@]2(C(c3cccc(Cl)c3)=CC(=O)N2C(=O)OC(C)(C)C)c2ccccc21. The van der Waals surface area contributed by atoms with Crippen molar-refractivity contribution in [2.75, 3.05) is 11.9 Å². The molecular formula is C23H21ClN2O4. The van der Waals surface area contributed by atoms with Crippen LogP contribution < -0.4 is 4.90 Å². The standard InChI is InChI=1S/C23H21ClN2O4/c1-22(2,3)30-21(29)26-19(27)13-17(14-8-7-9-15(24)12-14)23(26)16-10-5-6-11-18(16)25(4)20(23)28/h5-13H,1-4H3/t23-/m1/s1. The number of hydrogen-bond donors (Lipinski definition) is 0. The van der Waals surface area contributed by atoms with E-state index in [-0.39, 0.29) is 0 Å². The molecule has 2 heterocycles. The molecule has 0 saturated carbocycles. The van der Waals surface area contributed by atoms with E-state index in [0.717, 1.165) is 4.90 Å². The summed E-state index contributed by atoms with van der Waals surface area (Å²) >= 11 is 6.19. The number of halogens is 1. The quantitative estimate of drug-likeness (QED) is 0.681. The highest BCUT2D eigenvalue weighted by atomic mass is 35.5. The molecule has 0 radical (unpaired) electrons. The number of para-hydroxylation sites is 1. The van der Waals surface area contributed by atoms with Crippen LogP contribution in [-0.2, 0) is 19.9 Å². The predicted octanol–water partition coefficient (Wildman–Crippen LogP) is 4.37. The van der Waals surface area contributed by atoms with E-state index in [0.29, 0.717) is 27.4 Å². The van der Waals surface area contributed by atoms with Crippen LogP contribution in [0.5, 0.6) is 0 Å². The summed E-state index contributed by atoms with van der Waals surface area (Å²) in [5.41, 5.74) is -0.359. The van der Waals surface area contributed by atoms with Gasteiger partial charge in [0.1, 0.15) is 5.60 Å². The van der Waals surface area contributed by atoms with Gasteiger partial charge in [-0.1, -0.05) is 41.9 Å². The molecule has 1 spiro atoms. The van der Waals surface area contributed by atoms with Crippen molar-refractivity contribution in [1.82, 2.24) is 4.90 Å². The van der Waals surface area contributed by atoms with Gasteiger partial charge in [-0.25, -0.2) is 9.69 Å². The topological polar surface area (TPSA) is 66.9 Å². The summed E-state index contributed by atoms with van der Waals surface area (Å²) in [5.74, 6) is -1.02. The fourth-order valence-corrected chi connectivity index (χ4v) is 4.27. The van der Waals surface area contributed by atoms with Crippen molar-refractivity contribution in [1.29, 1.82) is 0 Å². The van der Waals surface area contributed by atoms with E-state index in [1.165, 1.54) is 11.0 Å². The number of likely N-dealkylation sites (N-methyl/N-ethyl adjacent to an activating group) is 1. The number of ether oxygens (including phenoxy) is 1. The van der Waals surface area contributed by atoms with Gasteiger partial charge < -0.3 is 9.64 Å². The second kappa shape index (κ2) is 6.71. The maximum Gasteiger partial charge on any atom is 0.418 e. The van der Waals surface area contributed by atoms with Crippen LogP contribution in [0.15, 0.2) is 54.6 Å². The van der Waals surface area contributed by atoms with Crippen LogP contribution in [0, 0.1) is 0 Å². The minimum Gasteiger partial charge on any atom is -0.443 e. The number of amides is 3. The Hall–Kier alpha value is -3.12. The molecule has 0 unspecified atom stereocenters. The molecule has 1 atom stereocenters. The minimum atomic E-state index is -1.66. The number of anilines is 1. The summed E-state index contributed by atoms with van der Waals surface area (Å²) in [6.07, 6.45) is 0.447. The van der Waals surface area contributed by atoms with Gasteiger partial charge in [-0.3, -0.25) is 9.59 Å². The molecule has 0 fully saturated rings. The Balaban J connectivity index is 2.00. The molecule has 2 aliphatic rings. The second-order valence-electron chi connectivity index (χ2n) is 8.31. The molecule has 0 bridgehead atoms. The Morgan fingerprint density at radius 3 is 2.43 bits per heavy atom. The Bertz CT molecular complexity index is 1120. The number of nitrogens with zero attached hydrogens (tertiary/aromatic N) is 2. The molecule has 30 heavy (non-hydrogen) atoms. The molecule has 154 valence electrons. The first-order chi connectivity index (χ1) is 14.1. The monoisotopic (exact) mass is 424 g/mol. The molecule has 0 aromatic heterocycles. The Morgan fingerprint density at radius 2 is 1.77 bits per heavy atom. The van der Waals surface area contributed by atoms with Gasteiger partial charge in [0.05, 0.1) is 0 Å². The van der Waals surface area contributed by atoms with Crippen molar-refractivity contribution in [3.63, 3.8) is 0 Å². The Kier molecular flexibility index (Phi) is 4.51. The van der Waals surface area contributed by atoms with E-state index >= 15 is 0 Å². The van der Waals surface area contributed by atoms with Gasteiger partial charge >= 0.3 is 6.09 Å². The number of carbonyl (C=O) groups is 3. The fourth-order valence-electron chi connectivity index (χ4n) is 4.08. The first-order valence-corrected chi connectivity index (χ1v) is 9.88. The largest absolute Gasteiger partial charge is 0.443 e. The lowest BCUT2D eigenvalue weighted by Crippen LogP contribution is -2.55. The highest BCUT2D eigenvalue weighted by Crippen LogP contribution is 2.54. The van der Waals surface area contributed by atoms with Crippen LogP contribution >= 0.6 is 11.6 Å². The minimum absolute atomic E-state index is 0.391. The van der Waals surface area contributed by atoms with Gasteiger partial charge in [-0.05, 0) is 44.5 Å². The maximum atomic E-state index is 13.7. The summed E-state index contributed by atoms with van der Waals surface area (Å²) < 4.78 is 5.52. The Labute approximate surface area is 179 Å². The third kappa shape index (κ3) is 2.82. The number of rotatable bonds is 1. The van der Waals surface area contributed by atoms with Crippen LogP contribution in [0.3, 0.4) is 0 Å². The summed E-state index contributed by atoms with van der Waals surface area (Å²) in [5, 5.41) is 0.457. The van der Waals surface area contributed by atoms with Crippen molar-refractivity contribution in [3.8, 4) is 0 Å². The molecule has 7 heteroatoms. The van der Waals surface area contributed by atoms with Gasteiger partial charge in [-0.2, -0.15) is 0 Å². The first kappa shape index (κ1) is 20.2. The molecule has 3 amide bonds. The molecule has 2 aromatic carbocycles. The number of carbonyl (C=O) groups excluding carboxylic acids is 3. The zero-order valence-corrected chi connectivity index (χ0v) is 17.9. The number of benzene rings is 2. The van der Waals surface area contributed by atoms with Gasteiger partial charge in [0, 0.05) is 35.0 Å². The van der Waals surface area contributed by atoms with Crippen LogP contribution in [-0.4, -0.2) is 35.5 Å². The maximum absolute atomic E-state index is 13.7. The molecule has 0 saturated heterocycles. The summed E-state index contributed by atoms with van der Waals surface area (Å²) in [6.45, 7) is 5.12. The molecule has 4 rings (SSSR count).